The highest BCUT2D eigenvalue weighted by Crippen LogP contribution is 2.33. The lowest BCUT2D eigenvalue weighted by Crippen LogP contribution is -2.21. The van der Waals surface area contributed by atoms with Crippen molar-refractivity contribution in [1.29, 1.82) is 0 Å². The van der Waals surface area contributed by atoms with Crippen LogP contribution in [-0.4, -0.2) is 27.2 Å². The second-order valence-corrected chi connectivity index (χ2v) is 6.07. The van der Waals surface area contributed by atoms with Crippen molar-refractivity contribution in [3.63, 3.8) is 0 Å². The van der Waals surface area contributed by atoms with Gasteiger partial charge in [0.05, 0.1) is 33.4 Å². The van der Waals surface area contributed by atoms with Gasteiger partial charge in [-0.25, -0.2) is 0 Å². The van der Waals surface area contributed by atoms with Gasteiger partial charge in [-0.05, 0) is 29.8 Å². The predicted molar refractivity (Wildman–Crippen MR) is 103 cm³/mol. The Morgan fingerprint density at radius 1 is 1.04 bits per heavy atom. The van der Waals surface area contributed by atoms with Crippen molar-refractivity contribution in [3.05, 3.63) is 57.6 Å². The fraction of sp³-hybridized carbons (Fsp3) is 0.211. The average molecular weight is 396 g/mol. The van der Waals surface area contributed by atoms with Crippen LogP contribution in [0.15, 0.2) is 36.4 Å². The highest BCUT2D eigenvalue weighted by molar-refractivity contribution is 6.34. The minimum absolute atomic E-state index is 0.225. The van der Waals surface area contributed by atoms with Gasteiger partial charge in [0.1, 0.15) is 17.2 Å². The molecule has 0 spiro atoms. The number of halogens is 2. The highest BCUT2D eigenvalue weighted by atomic mass is 35.5. The quantitative estimate of drug-likeness (QED) is 0.708. The number of nitrogens with one attached hydrogen (secondary N) is 1. The minimum atomic E-state index is -0.291. The minimum Gasteiger partial charge on any atom is -0.496 e. The Morgan fingerprint density at radius 2 is 1.69 bits per heavy atom. The molecule has 0 saturated carbocycles. The first kappa shape index (κ1) is 19.9. The summed E-state index contributed by atoms with van der Waals surface area (Å²) in [4.78, 5) is 12.1. The van der Waals surface area contributed by atoms with Crippen molar-refractivity contribution >= 4 is 35.2 Å². The van der Waals surface area contributed by atoms with Crippen LogP contribution in [0.4, 0.5) is 0 Å². The Morgan fingerprint density at radius 3 is 2.27 bits per heavy atom. The van der Waals surface area contributed by atoms with E-state index in [1.165, 1.54) is 6.08 Å². The van der Waals surface area contributed by atoms with E-state index in [1.807, 2.05) is 0 Å². The lowest BCUT2D eigenvalue weighted by molar-refractivity contribution is -0.116. The second kappa shape index (κ2) is 9.36. The Labute approximate surface area is 162 Å². The topological polar surface area (TPSA) is 56.8 Å². The maximum atomic E-state index is 12.1. The second-order valence-electron chi connectivity index (χ2n) is 5.23. The van der Waals surface area contributed by atoms with Crippen molar-refractivity contribution in [2.45, 2.75) is 6.54 Å². The summed E-state index contributed by atoms with van der Waals surface area (Å²) in [6.07, 6.45) is 2.99. The van der Waals surface area contributed by atoms with Crippen molar-refractivity contribution < 1.29 is 19.0 Å². The molecule has 0 aliphatic rings. The van der Waals surface area contributed by atoms with Crippen LogP contribution in [0.3, 0.4) is 0 Å². The van der Waals surface area contributed by atoms with Crippen LogP contribution < -0.4 is 19.5 Å². The Balaban J connectivity index is 2.12. The number of rotatable bonds is 7. The zero-order valence-electron chi connectivity index (χ0n) is 14.6. The maximum Gasteiger partial charge on any atom is 0.244 e. The van der Waals surface area contributed by atoms with Gasteiger partial charge in [-0.1, -0.05) is 23.2 Å². The van der Waals surface area contributed by atoms with E-state index < -0.39 is 0 Å². The largest absolute Gasteiger partial charge is 0.496 e. The highest BCUT2D eigenvalue weighted by Gasteiger charge is 2.13. The number of benzene rings is 2. The molecule has 5 nitrogen and oxygen atoms in total. The van der Waals surface area contributed by atoms with Crippen LogP contribution in [-0.2, 0) is 11.3 Å². The van der Waals surface area contributed by atoms with E-state index in [4.69, 9.17) is 37.4 Å². The fourth-order valence-corrected chi connectivity index (χ4v) is 2.66. The number of carbonyl (C=O) groups excluding carboxylic acids is 1. The summed E-state index contributed by atoms with van der Waals surface area (Å²) in [5.74, 6) is 1.43. The third kappa shape index (κ3) is 5.07. The summed E-state index contributed by atoms with van der Waals surface area (Å²) in [5, 5.41) is 3.84. The molecule has 1 N–H and O–H groups in total. The van der Waals surface area contributed by atoms with E-state index in [-0.39, 0.29) is 12.5 Å². The summed E-state index contributed by atoms with van der Waals surface area (Å²) < 4.78 is 15.9. The molecule has 2 rings (SSSR count). The van der Waals surface area contributed by atoms with Gasteiger partial charge >= 0.3 is 0 Å². The van der Waals surface area contributed by atoms with E-state index in [9.17, 15) is 4.79 Å². The summed E-state index contributed by atoms with van der Waals surface area (Å²) in [7, 11) is 4.64. The van der Waals surface area contributed by atoms with Gasteiger partial charge in [-0.3, -0.25) is 4.79 Å². The van der Waals surface area contributed by atoms with Crippen LogP contribution >= 0.6 is 23.2 Å². The molecule has 7 heteroatoms. The first-order valence-electron chi connectivity index (χ1n) is 7.68. The van der Waals surface area contributed by atoms with E-state index >= 15 is 0 Å². The number of hydrogen-bond donors (Lipinski definition) is 1. The molecule has 0 atom stereocenters. The van der Waals surface area contributed by atoms with E-state index in [1.54, 1.807) is 57.7 Å². The van der Waals surface area contributed by atoms with Crippen molar-refractivity contribution in [2.75, 3.05) is 21.3 Å². The number of carbonyl (C=O) groups is 1. The van der Waals surface area contributed by atoms with Crippen LogP contribution in [0.25, 0.3) is 6.08 Å². The molecule has 0 radical (unpaired) electrons. The van der Waals surface area contributed by atoms with Gasteiger partial charge < -0.3 is 19.5 Å². The maximum absolute atomic E-state index is 12.1. The van der Waals surface area contributed by atoms with Gasteiger partial charge in [0.2, 0.25) is 5.91 Å². The van der Waals surface area contributed by atoms with Gasteiger partial charge in [0, 0.05) is 28.3 Å². The van der Waals surface area contributed by atoms with E-state index in [0.717, 1.165) is 0 Å². The van der Waals surface area contributed by atoms with E-state index in [0.29, 0.717) is 38.4 Å². The predicted octanol–water partition coefficient (Wildman–Crippen LogP) is 4.35. The molecule has 0 saturated heterocycles. The van der Waals surface area contributed by atoms with Crippen LogP contribution in [0.1, 0.15) is 11.1 Å². The third-order valence-corrected chi connectivity index (χ3v) is 4.21. The normalized spacial score (nSPS) is 10.7. The smallest absolute Gasteiger partial charge is 0.244 e. The molecule has 0 aromatic heterocycles. The lowest BCUT2D eigenvalue weighted by atomic mass is 10.1. The van der Waals surface area contributed by atoms with Gasteiger partial charge in [-0.2, -0.15) is 0 Å². The van der Waals surface area contributed by atoms with Gasteiger partial charge in [0.25, 0.3) is 0 Å². The zero-order chi connectivity index (χ0) is 19.1. The van der Waals surface area contributed by atoms with Crippen LogP contribution in [0.2, 0.25) is 10.0 Å². The summed E-state index contributed by atoms with van der Waals surface area (Å²) in [6, 6.07) is 8.50. The standard InChI is InChI=1S/C19H19Cl2NO4/c1-24-14-9-17(25-2)15(18(10-14)26-3)11-22-19(23)7-4-12-8-13(20)5-6-16(12)21/h4-10H,11H2,1-3H3,(H,22,23)/b7-4+. The monoisotopic (exact) mass is 395 g/mol. The van der Waals surface area contributed by atoms with Gasteiger partial charge in [0.15, 0.2) is 0 Å². The molecule has 0 unspecified atom stereocenters. The van der Waals surface area contributed by atoms with Crippen molar-refractivity contribution in [1.82, 2.24) is 5.32 Å². The molecule has 0 aliphatic heterocycles. The average Bonchev–Trinajstić information content (AvgIpc) is 2.66. The first-order valence-corrected chi connectivity index (χ1v) is 8.44. The molecule has 26 heavy (non-hydrogen) atoms. The Hall–Kier alpha value is -2.37. The molecule has 2 aromatic carbocycles. The number of amides is 1. The van der Waals surface area contributed by atoms with Crippen LogP contribution in [0, 0.1) is 0 Å². The molecular formula is C19H19Cl2NO4. The first-order chi connectivity index (χ1) is 12.5. The van der Waals surface area contributed by atoms with Crippen molar-refractivity contribution in [3.8, 4) is 17.2 Å². The number of hydrogen-bond acceptors (Lipinski definition) is 4. The number of methoxy groups -OCH3 is 3. The van der Waals surface area contributed by atoms with Gasteiger partial charge in [-0.15, -0.1) is 0 Å². The molecule has 0 fully saturated rings. The summed E-state index contributed by atoms with van der Waals surface area (Å²) in [6.45, 7) is 0.225. The summed E-state index contributed by atoms with van der Waals surface area (Å²) >= 11 is 12.0. The third-order valence-electron chi connectivity index (χ3n) is 3.63. The molecule has 1 amide bonds. The lowest BCUT2D eigenvalue weighted by Gasteiger charge is -2.15. The SMILES string of the molecule is COc1cc(OC)c(CNC(=O)/C=C/c2cc(Cl)ccc2Cl)c(OC)c1. The molecule has 0 aliphatic carbocycles. The Kier molecular flexibility index (Phi) is 7.18. The van der Waals surface area contributed by atoms with E-state index in [2.05, 4.69) is 5.32 Å². The van der Waals surface area contributed by atoms with Crippen LogP contribution in [0.5, 0.6) is 17.2 Å². The molecule has 138 valence electrons. The Bertz CT molecular complexity index is 796. The molecule has 2 aromatic rings. The molecule has 0 heterocycles. The summed E-state index contributed by atoms with van der Waals surface area (Å²) in [5.41, 5.74) is 1.37. The zero-order valence-corrected chi connectivity index (χ0v) is 16.1. The number of ether oxygens (including phenoxy) is 3. The van der Waals surface area contributed by atoms with Crippen molar-refractivity contribution in [2.24, 2.45) is 0 Å². The fourth-order valence-electron chi connectivity index (χ4n) is 2.29. The molecular weight excluding hydrogens is 377 g/mol. The molecule has 0 bridgehead atoms.